The number of amides is 1. The number of halogens is 2. The molecule has 7 heteroatoms. The molecule has 1 amide bonds. The number of esters is 1. The highest BCUT2D eigenvalue weighted by atomic mass is 35.5. The van der Waals surface area contributed by atoms with Gasteiger partial charge in [0.1, 0.15) is 0 Å². The fourth-order valence-corrected chi connectivity index (χ4v) is 2.18. The summed E-state index contributed by atoms with van der Waals surface area (Å²) in [5.74, 6) is -0.763. The molecule has 0 spiro atoms. The lowest BCUT2D eigenvalue weighted by atomic mass is 10.2. The Labute approximate surface area is 143 Å². The van der Waals surface area contributed by atoms with Crippen molar-refractivity contribution in [3.63, 3.8) is 0 Å². The Bertz CT molecular complexity index is 735. The molecule has 0 bridgehead atoms. The van der Waals surface area contributed by atoms with Gasteiger partial charge < -0.3 is 15.4 Å². The maximum atomic E-state index is 12.0. The van der Waals surface area contributed by atoms with Crippen molar-refractivity contribution in [2.45, 2.75) is 0 Å². The van der Waals surface area contributed by atoms with Crippen LogP contribution in [-0.4, -0.2) is 25.5 Å². The first-order valence-electron chi connectivity index (χ1n) is 6.67. The number of carbonyl (C=O) groups excluding carboxylic acids is 2. The molecule has 0 atom stereocenters. The number of para-hydroxylation sites is 1. The highest BCUT2D eigenvalue weighted by Crippen LogP contribution is 2.25. The van der Waals surface area contributed by atoms with Gasteiger partial charge in [0.2, 0.25) is 5.91 Å². The summed E-state index contributed by atoms with van der Waals surface area (Å²) in [4.78, 5) is 23.6. The average molecular weight is 353 g/mol. The molecule has 0 aliphatic rings. The molecule has 120 valence electrons. The highest BCUT2D eigenvalue weighted by Gasteiger charge is 2.12. The Hall–Kier alpha value is -2.24. The standard InChI is InChI=1S/C16H14Cl2N2O3/c1-23-16(22)11-4-2-3-5-14(11)19-9-15(21)20-10-6-7-12(17)13(18)8-10/h2-8,19H,9H2,1H3,(H,20,21). The fraction of sp³-hybridized carbons (Fsp3) is 0.125. The molecule has 0 aliphatic carbocycles. The van der Waals surface area contributed by atoms with Gasteiger partial charge in [0.05, 0.1) is 29.3 Å². The predicted molar refractivity (Wildman–Crippen MR) is 91.4 cm³/mol. The molecule has 0 unspecified atom stereocenters. The summed E-state index contributed by atoms with van der Waals surface area (Å²) >= 11 is 11.7. The van der Waals surface area contributed by atoms with E-state index in [0.29, 0.717) is 27.0 Å². The molecule has 0 heterocycles. The summed E-state index contributed by atoms with van der Waals surface area (Å²) in [5.41, 5.74) is 1.41. The minimum Gasteiger partial charge on any atom is -0.465 e. The van der Waals surface area contributed by atoms with Crippen molar-refractivity contribution >= 4 is 46.5 Å². The van der Waals surface area contributed by atoms with E-state index in [9.17, 15) is 9.59 Å². The third kappa shape index (κ3) is 4.61. The Morgan fingerprint density at radius 1 is 1.09 bits per heavy atom. The second kappa shape index (κ2) is 7.85. The zero-order valence-corrected chi connectivity index (χ0v) is 13.7. The van der Waals surface area contributed by atoms with Crippen molar-refractivity contribution in [2.75, 3.05) is 24.3 Å². The topological polar surface area (TPSA) is 67.4 Å². The number of nitrogens with one attached hydrogen (secondary N) is 2. The molecule has 5 nitrogen and oxygen atoms in total. The summed E-state index contributed by atoms with van der Waals surface area (Å²) < 4.78 is 4.70. The van der Waals surface area contributed by atoms with Gasteiger partial charge in [0, 0.05) is 11.4 Å². The van der Waals surface area contributed by atoms with Crippen LogP contribution in [-0.2, 0) is 9.53 Å². The average Bonchev–Trinajstić information content (AvgIpc) is 2.56. The molecule has 2 N–H and O–H groups in total. The Balaban J connectivity index is 1.99. The van der Waals surface area contributed by atoms with Crippen LogP contribution in [0.2, 0.25) is 10.0 Å². The molecule has 0 saturated heterocycles. The van der Waals surface area contributed by atoms with E-state index in [0.717, 1.165) is 0 Å². The second-order valence-corrected chi connectivity index (χ2v) is 5.38. The van der Waals surface area contributed by atoms with E-state index in [4.69, 9.17) is 27.9 Å². The first kappa shape index (κ1) is 17.1. The quantitative estimate of drug-likeness (QED) is 0.802. The molecule has 2 rings (SSSR count). The predicted octanol–water partition coefficient (Wildman–Crippen LogP) is 3.83. The Morgan fingerprint density at radius 3 is 2.52 bits per heavy atom. The lowest BCUT2D eigenvalue weighted by Crippen LogP contribution is -2.22. The van der Waals surface area contributed by atoms with Gasteiger partial charge in [-0.3, -0.25) is 4.79 Å². The first-order chi connectivity index (χ1) is 11.0. The zero-order valence-electron chi connectivity index (χ0n) is 12.2. The molecular weight excluding hydrogens is 339 g/mol. The van der Waals surface area contributed by atoms with E-state index < -0.39 is 5.97 Å². The monoisotopic (exact) mass is 352 g/mol. The van der Waals surface area contributed by atoms with Gasteiger partial charge in [0.25, 0.3) is 0 Å². The minimum atomic E-state index is -0.474. The lowest BCUT2D eigenvalue weighted by Gasteiger charge is -2.11. The van der Waals surface area contributed by atoms with Crippen LogP contribution in [0.25, 0.3) is 0 Å². The number of methoxy groups -OCH3 is 1. The molecule has 23 heavy (non-hydrogen) atoms. The van der Waals surface area contributed by atoms with Crippen LogP contribution in [0.1, 0.15) is 10.4 Å². The van der Waals surface area contributed by atoms with Gasteiger partial charge in [-0.15, -0.1) is 0 Å². The number of rotatable bonds is 5. The van der Waals surface area contributed by atoms with Gasteiger partial charge in [-0.1, -0.05) is 35.3 Å². The van der Waals surface area contributed by atoms with Gasteiger partial charge in [0.15, 0.2) is 0 Å². The normalized spacial score (nSPS) is 10.0. The van der Waals surface area contributed by atoms with Gasteiger partial charge in [-0.25, -0.2) is 4.79 Å². The summed E-state index contributed by atoms with van der Waals surface area (Å²) in [6, 6.07) is 11.6. The third-order valence-corrected chi connectivity index (χ3v) is 3.71. The van der Waals surface area contributed by atoms with E-state index in [1.54, 1.807) is 42.5 Å². The number of ether oxygens (including phenoxy) is 1. The van der Waals surface area contributed by atoms with E-state index in [1.165, 1.54) is 7.11 Å². The van der Waals surface area contributed by atoms with Crippen LogP contribution in [0, 0.1) is 0 Å². The van der Waals surface area contributed by atoms with Crippen molar-refractivity contribution in [3.05, 3.63) is 58.1 Å². The second-order valence-electron chi connectivity index (χ2n) is 4.57. The summed E-state index contributed by atoms with van der Waals surface area (Å²) in [6.07, 6.45) is 0. The molecule has 0 aliphatic heterocycles. The van der Waals surface area contributed by atoms with Gasteiger partial charge in [-0.05, 0) is 30.3 Å². The van der Waals surface area contributed by atoms with Crippen LogP contribution in [0.3, 0.4) is 0 Å². The van der Waals surface area contributed by atoms with Crippen molar-refractivity contribution in [2.24, 2.45) is 0 Å². The Kier molecular flexibility index (Phi) is 5.84. The van der Waals surface area contributed by atoms with Crippen LogP contribution >= 0.6 is 23.2 Å². The van der Waals surface area contributed by atoms with Crippen LogP contribution < -0.4 is 10.6 Å². The first-order valence-corrected chi connectivity index (χ1v) is 7.43. The Morgan fingerprint density at radius 2 is 1.83 bits per heavy atom. The number of hydrogen-bond donors (Lipinski definition) is 2. The maximum Gasteiger partial charge on any atom is 0.339 e. The van der Waals surface area contributed by atoms with E-state index in [1.807, 2.05) is 0 Å². The third-order valence-electron chi connectivity index (χ3n) is 2.98. The smallest absolute Gasteiger partial charge is 0.339 e. The minimum absolute atomic E-state index is 0.0196. The number of carbonyl (C=O) groups is 2. The fourth-order valence-electron chi connectivity index (χ4n) is 1.88. The molecule has 0 fully saturated rings. The van der Waals surface area contributed by atoms with Gasteiger partial charge in [-0.2, -0.15) is 0 Å². The zero-order chi connectivity index (χ0) is 16.8. The SMILES string of the molecule is COC(=O)c1ccccc1NCC(=O)Nc1ccc(Cl)c(Cl)c1. The summed E-state index contributed by atoms with van der Waals surface area (Å²) in [5, 5.41) is 6.35. The van der Waals surface area contributed by atoms with Crippen molar-refractivity contribution in [3.8, 4) is 0 Å². The largest absolute Gasteiger partial charge is 0.465 e. The highest BCUT2D eigenvalue weighted by molar-refractivity contribution is 6.42. The van der Waals surface area contributed by atoms with E-state index in [-0.39, 0.29) is 12.5 Å². The number of benzene rings is 2. The molecule has 2 aromatic carbocycles. The van der Waals surface area contributed by atoms with Crippen molar-refractivity contribution < 1.29 is 14.3 Å². The van der Waals surface area contributed by atoms with Crippen molar-refractivity contribution in [1.82, 2.24) is 0 Å². The van der Waals surface area contributed by atoms with Crippen LogP contribution in [0.5, 0.6) is 0 Å². The molecule has 0 aromatic heterocycles. The maximum absolute atomic E-state index is 12.0. The lowest BCUT2D eigenvalue weighted by molar-refractivity contribution is -0.114. The molecule has 0 saturated carbocycles. The molecular formula is C16H14Cl2N2O3. The number of hydrogen-bond acceptors (Lipinski definition) is 4. The van der Waals surface area contributed by atoms with Gasteiger partial charge >= 0.3 is 5.97 Å². The van der Waals surface area contributed by atoms with E-state index >= 15 is 0 Å². The van der Waals surface area contributed by atoms with Crippen molar-refractivity contribution in [1.29, 1.82) is 0 Å². The molecule has 2 aromatic rings. The number of anilines is 2. The summed E-state index contributed by atoms with van der Waals surface area (Å²) in [6.45, 7) is -0.0196. The van der Waals surface area contributed by atoms with Crippen LogP contribution in [0.4, 0.5) is 11.4 Å². The summed E-state index contributed by atoms with van der Waals surface area (Å²) in [7, 11) is 1.30. The van der Waals surface area contributed by atoms with Crippen LogP contribution in [0.15, 0.2) is 42.5 Å². The molecule has 0 radical (unpaired) electrons. The van der Waals surface area contributed by atoms with E-state index in [2.05, 4.69) is 10.6 Å².